The van der Waals surface area contributed by atoms with Crippen molar-refractivity contribution in [1.29, 1.82) is 0 Å². The van der Waals surface area contributed by atoms with Crippen molar-refractivity contribution in [3.8, 4) is 0 Å². The Hall–Kier alpha value is -0.0500. The minimum atomic E-state index is 0.0482. The van der Waals surface area contributed by atoms with Crippen LogP contribution in [-0.2, 0) is 4.74 Å². The predicted octanol–water partition coefficient (Wildman–Crippen LogP) is 2.29. The molecule has 3 heteroatoms. The topological polar surface area (TPSA) is 21.3 Å². The van der Waals surface area contributed by atoms with Crippen molar-refractivity contribution in [3.63, 3.8) is 0 Å². The number of nitrogens with one attached hydrogen (secondary N) is 1. The number of hydrogen-bond acceptors (Lipinski definition) is 2. The summed E-state index contributed by atoms with van der Waals surface area (Å²) < 4.78 is 5.64. The molecule has 0 aromatic rings. The molecule has 0 spiro atoms. The van der Waals surface area contributed by atoms with E-state index in [1.807, 2.05) is 6.92 Å². The van der Waals surface area contributed by atoms with E-state index in [-0.39, 0.29) is 5.60 Å². The third kappa shape index (κ3) is 3.67. The van der Waals surface area contributed by atoms with E-state index in [4.69, 9.17) is 16.3 Å². The molecule has 1 fully saturated rings. The highest BCUT2D eigenvalue weighted by molar-refractivity contribution is 6.25. The summed E-state index contributed by atoms with van der Waals surface area (Å²) in [6, 6.07) is 0. The second-order valence-electron chi connectivity index (χ2n) is 3.96. The Balaban J connectivity index is 2.18. The van der Waals surface area contributed by atoms with E-state index in [1.54, 1.807) is 5.54 Å². The smallest absolute Gasteiger partial charge is 0.0779 e. The lowest BCUT2D eigenvalue weighted by Crippen LogP contribution is -2.37. The van der Waals surface area contributed by atoms with Gasteiger partial charge in [0.1, 0.15) is 0 Å². The lowest BCUT2D eigenvalue weighted by molar-refractivity contribution is 0.0215. The summed E-state index contributed by atoms with van der Waals surface area (Å²) in [7, 11) is 0. The number of halogens is 1. The van der Waals surface area contributed by atoms with Crippen LogP contribution < -0.4 is 5.32 Å². The molecule has 1 aliphatic heterocycles. The summed E-state index contributed by atoms with van der Waals surface area (Å²) in [6.07, 6.45) is 2.34. The zero-order chi connectivity index (χ0) is 9.73. The van der Waals surface area contributed by atoms with E-state index >= 15 is 0 Å². The Morgan fingerprint density at radius 1 is 1.69 bits per heavy atom. The van der Waals surface area contributed by atoms with Gasteiger partial charge in [-0.15, -0.1) is 0 Å². The molecule has 0 amide bonds. The number of ether oxygens (including phenoxy) is 1. The molecule has 0 saturated carbocycles. The molecule has 1 aliphatic rings. The first kappa shape index (κ1) is 11.0. The van der Waals surface area contributed by atoms with Gasteiger partial charge in [-0.2, -0.15) is 0 Å². The van der Waals surface area contributed by atoms with E-state index < -0.39 is 0 Å². The van der Waals surface area contributed by atoms with Crippen molar-refractivity contribution >= 4 is 11.6 Å². The standard InChI is InChI=1S/C10H18ClNO/c1-9(6-11)7-12-8-10(2)4-3-5-13-10/h6,12H,3-5,7-8H2,1-2H3. The van der Waals surface area contributed by atoms with Gasteiger partial charge < -0.3 is 10.1 Å². The first-order valence-corrected chi connectivity index (χ1v) is 5.20. The number of hydrogen-bond donors (Lipinski definition) is 1. The molecular formula is C10H18ClNO. The van der Waals surface area contributed by atoms with Crippen LogP contribution in [0.25, 0.3) is 0 Å². The van der Waals surface area contributed by atoms with Crippen LogP contribution in [0, 0.1) is 0 Å². The van der Waals surface area contributed by atoms with Gasteiger partial charge in [0.15, 0.2) is 0 Å². The van der Waals surface area contributed by atoms with Gasteiger partial charge in [0.05, 0.1) is 5.60 Å². The zero-order valence-corrected chi connectivity index (χ0v) is 9.16. The average molecular weight is 204 g/mol. The molecule has 0 bridgehead atoms. The summed E-state index contributed by atoms with van der Waals surface area (Å²) in [5.41, 5.74) is 2.82. The molecule has 13 heavy (non-hydrogen) atoms. The highest BCUT2D eigenvalue weighted by atomic mass is 35.5. The van der Waals surface area contributed by atoms with Gasteiger partial charge >= 0.3 is 0 Å². The zero-order valence-electron chi connectivity index (χ0n) is 8.40. The maximum Gasteiger partial charge on any atom is 0.0779 e. The predicted molar refractivity (Wildman–Crippen MR) is 56.1 cm³/mol. The van der Waals surface area contributed by atoms with Gasteiger partial charge in [0.2, 0.25) is 0 Å². The molecule has 0 aliphatic carbocycles. The van der Waals surface area contributed by atoms with E-state index in [9.17, 15) is 0 Å². The van der Waals surface area contributed by atoms with E-state index in [1.165, 1.54) is 6.42 Å². The lowest BCUT2D eigenvalue weighted by atomic mass is 10.0. The van der Waals surface area contributed by atoms with Crippen LogP contribution in [0.15, 0.2) is 11.1 Å². The van der Waals surface area contributed by atoms with Gasteiger partial charge in [-0.25, -0.2) is 0 Å². The van der Waals surface area contributed by atoms with Gasteiger partial charge in [0, 0.05) is 25.2 Å². The van der Waals surface area contributed by atoms with Crippen LogP contribution in [0.4, 0.5) is 0 Å². The van der Waals surface area contributed by atoms with Crippen LogP contribution in [0.5, 0.6) is 0 Å². The van der Waals surface area contributed by atoms with Crippen LogP contribution >= 0.6 is 11.6 Å². The minimum absolute atomic E-state index is 0.0482. The van der Waals surface area contributed by atoms with Crippen molar-refractivity contribution in [3.05, 3.63) is 11.1 Å². The van der Waals surface area contributed by atoms with Crippen LogP contribution in [0.2, 0.25) is 0 Å². The van der Waals surface area contributed by atoms with Gasteiger partial charge in [0.25, 0.3) is 0 Å². The molecule has 0 aromatic carbocycles. The molecule has 1 N–H and O–H groups in total. The maximum atomic E-state index is 5.64. The molecular weight excluding hydrogens is 186 g/mol. The quantitative estimate of drug-likeness (QED) is 0.757. The van der Waals surface area contributed by atoms with Crippen molar-refractivity contribution < 1.29 is 4.74 Å². The minimum Gasteiger partial charge on any atom is -0.374 e. The molecule has 0 aromatic heterocycles. The SMILES string of the molecule is CC(=CCl)CNCC1(C)CCCO1. The van der Waals surface area contributed by atoms with Crippen molar-refractivity contribution in [2.75, 3.05) is 19.7 Å². The van der Waals surface area contributed by atoms with Crippen molar-refractivity contribution in [2.45, 2.75) is 32.3 Å². The Kier molecular flexibility index (Phi) is 4.23. The van der Waals surface area contributed by atoms with Crippen molar-refractivity contribution in [1.82, 2.24) is 5.32 Å². The van der Waals surface area contributed by atoms with Crippen LogP contribution in [0.3, 0.4) is 0 Å². The Labute approximate surface area is 85.3 Å². The lowest BCUT2D eigenvalue weighted by Gasteiger charge is -2.23. The normalized spacial score (nSPS) is 29.6. The monoisotopic (exact) mass is 203 g/mol. The Morgan fingerprint density at radius 2 is 2.46 bits per heavy atom. The fraction of sp³-hybridized carbons (Fsp3) is 0.800. The second-order valence-corrected chi connectivity index (χ2v) is 4.18. The summed E-state index contributed by atoms with van der Waals surface area (Å²) >= 11 is 5.55. The molecule has 1 saturated heterocycles. The van der Waals surface area contributed by atoms with Gasteiger partial charge in [-0.3, -0.25) is 0 Å². The highest BCUT2D eigenvalue weighted by Gasteiger charge is 2.28. The van der Waals surface area contributed by atoms with E-state index in [0.29, 0.717) is 0 Å². The van der Waals surface area contributed by atoms with E-state index in [0.717, 1.165) is 31.7 Å². The Morgan fingerprint density at radius 3 is 3.00 bits per heavy atom. The van der Waals surface area contributed by atoms with Crippen LogP contribution in [-0.4, -0.2) is 25.3 Å². The maximum absolute atomic E-state index is 5.64. The van der Waals surface area contributed by atoms with Gasteiger partial charge in [-0.1, -0.05) is 11.6 Å². The summed E-state index contributed by atoms with van der Waals surface area (Å²) in [6.45, 7) is 6.84. The molecule has 0 radical (unpaired) electrons. The molecule has 2 nitrogen and oxygen atoms in total. The summed E-state index contributed by atoms with van der Waals surface area (Å²) in [5, 5.41) is 3.34. The fourth-order valence-electron chi connectivity index (χ4n) is 1.54. The third-order valence-corrected chi connectivity index (χ3v) is 2.76. The largest absolute Gasteiger partial charge is 0.374 e. The Bertz CT molecular complexity index is 185. The molecule has 1 unspecified atom stereocenters. The van der Waals surface area contributed by atoms with Crippen molar-refractivity contribution in [2.24, 2.45) is 0 Å². The highest BCUT2D eigenvalue weighted by Crippen LogP contribution is 2.23. The first-order valence-electron chi connectivity index (χ1n) is 4.77. The third-order valence-electron chi connectivity index (χ3n) is 2.39. The number of rotatable bonds is 4. The second kappa shape index (κ2) is 4.99. The van der Waals surface area contributed by atoms with Gasteiger partial charge in [-0.05, 0) is 32.3 Å². The van der Waals surface area contributed by atoms with Crippen LogP contribution in [0.1, 0.15) is 26.7 Å². The average Bonchev–Trinajstić information content (AvgIpc) is 2.52. The molecule has 1 rings (SSSR count). The summed E-state index contributed by atoms with van der Waals surface area (Å²) in [5.74, 6) is 0. The summed E-state index contributed by atoms with van der Waals surface area (Å²) in [4.78, 5) is 0. The molecule has 76 valence electrons. The first-order chi connectivity index (χ1) is 6.16. The molecule has 1 atom stereocenters. The van der Waals surface area contributed by atoms with E-state index in [2.05, 4.69) is 12.2 Å². The molecule has 1 heterocycles. The fourth-order valence-corrected chi connectivity index (χ4v) is 1.62.